The number of carbonyl (C=O) groups excluding carboxylic acids is 2. The Morgan fingerprint density at radius 2 is 1.56 bits per heavy atom. The number of hydrogen-bond acceptors (Lipinski definition) is 4. The molecule has 0 bridgehead atoms. The van der Waals surface area contributed by atoms with E-state index in [-0.39, 0.29) is 24.3 Å². The molecule has 2 amide bonds. The van der Waals surface area contributed by atoms with Gasteiger partial charge in [0.1, 0.15) is 12.6 Å². The Morgan fingerprint density at radius 3 is 2.15 bits per heavy atom. The molecule has 2 aliphatic carbocycles. The third-order valence-electron chi connectivity index (χ3n) is 6.98. The van der Waals surface area contributed by atoms with Gasteiger partial charge in [0.2, 0.25) is 5.91 Å². The fraction of sp³-hybridized carbons (Fsp3) is 0.444. The molecule has 0 saturated heterocycles. The van der Waals surface area contributed by atoms with E-state index >= 15 is 0 Å². The molecule has 0 heterocycles. The fourth-order valence-corrected chi connectivity index (χ4v) is 5.17. The van der Waals surface area contributed by atoms with Crippen LogP contribution in [0, 0.1) is 11.8 Å². The van der Waals surface area contributed by atoms with Gasteiger partial charge >= 0.3 is 12.1 Å². The molecule has 7 nitrogen and oxygen atoms in total. The number of ether oxygens (including phenoxy) is 1. The molecule has 2 aromatic rings. The maximum absolute atomic E-state index is 13.0. The van der Waals surface area contributed by atoms with Crippen LogP contribution in [0.25, 0.3) is 11.1 Å². The molecule has 7 heteroatoms. The van der Waals surface area contributed by atoms with Crippen LogP contribution in [0.4, 0.5) is 4.79 Å². The molecular weight excluding hydrogens is 432 g/mol. The van der Waals surface area contributed by atoms with E-state index in [0.29, 0.717) is 12.8 Å². The predicted molar refractivity (Wildman–Crippen MR) is 128 cm³/mol. The number of nitrogens with one attached hydrogen (secondary N) is 2. The molecule has 1 saturated carbocycles. The fourth-order valence-electron chi connectivity index (χ4n) is 5.17. The summed E-state index contributed by atoms with van der Waals surface area (Å²) in [5, 5.41) is 15.1. The maximum atomic E-state index is 13.0. The third kappa shape index (κ3) is 4.93. The maximum Gasteiger partial charge on any atom is 0.407 e. The van der Waals surface area contributed by atoms with Gasteiger partial charge in [0, 0.05) is 12.0 Å². The van der Waals surface area contributed by atoms with Crippen LogP contribution in [0.5, 0.6) is 0 Å². The summed E-state index contributed by atoms with van der Waals surface area (Å²) in [7, 11) is 0. The number of fused-ring (bicyclic) bond motifs is 3. The van der Waals surface area contributed by atoms with E-state index < -0.39 is 30.1 Å². The molecule has 34 heavy (non-hydrogen) atoms. The van der Waals surface area contributed by atoms with Gasteiger partial charge in [-0.3, -0.25) is 9.59 Å². The van der Waals surface area contributed by atoms with Crippen molar-refractivity contribution >= 4 is 18.0 Å². The first-order valence-electron chi connectivity index (χ1n) is 12.0. The van der Waals surface area contributed by atoms with Crippen molar-refractivity contribution in [2.75, 3.05) is 6.61 Å². The van der Waals surface area contributed by atoms with E-state index in [9.17, 15) is 19.5 Å². The smallest absolute Gasteiger partial charge is 0.407 e. The molecule has 0 spiro atoms. The quantitative estimate of drug-likeness (QED) is 0.566. The number of rotatable bonds is 7. The van der Waals surface area contributed by atoms with E-state index in [1.165, 1.54) is 0 Å². The van der Waals surface area contributed by atoms with Crippen LogP contribution in [-0.2, 0) is 14.3 Å². The van der Waals surface area contributed by atoms with E-state index in [0.717, 1.165) is 35.1 Å². The van der Waals surface area contributed by atoms with E-state index in [1.807, 2.05) is 38.1 Å². The van der Waals surface area contributed by atoms with Crippen LogP contribution in [0.15, 0.2) is 48.5 Å². The molecule has 1 unspecified atom stereocenters. The lowest BCUT2D eigenvalue weighted by atomic mass is 9.84. The number of amides is 2. The second-order valence-corrected chi connectivity index (χ2v) is 9.54. The Morgan fingerprint density at radius 1 is 0.971 bits per heavy atom. The lowest BCUT2D eigenvalue weighted by Gasteiger charge is -2.31. The summed E-state index contributed by atoms with van der Waals surface area (Å²) >= 11 is 0. The highest BCUT2D eigenvalue weighted by Gasteiger charge is 2.35. The van der Waals surface area contributed by atoms with Crippen LogP contribution < -0.4 is 10.6 Å². The van der Waals surface area contributed by atoms with Crippen LogP contribution in [0.2, 0.25) is 0 Å². The van der Waals surface area contributed by atoms with Gasteiger partial charge < -0.3 is 20.5 Å². The molecule has 3 N–H and O–H groups in total. The summed E-state index contributed by atoms with van der Waals surface area (Å²) < 4.78 is 5.60. The zero-order chi connectivity index (χ0) is 24.2. The highest BCUT2D eigenvalue weighted by molar-refractivity contribution is 5.87. The van der Waals surface area contributed by atoms with Crippen molar-refractivity contribution in [1.29, 1.82) is 0 Å². The van der Waals surface area contributed by atoms with Gasteiger partial charge in [0.25, 0.3) is 0 Å². The van der Waals surface area contributed by atoms with Gasteiger partial charge in [0.05, 0.1) is 5.92 Å². The minimum absolute atomic E-state index is 0.0666. The van der Waals surface area contributed by atoms with Gasteiger partial charge in [0.15, 0.2) is 0 Å². The van der Waals surface area contributed by atoms with Gasteiger partial charge in [-0.2, -0.15) is 0 Å². The molecule has 3 atom stereocenters. The minimum atomic E-state index is -0.893. The molecule has 0 aliphatic heterocycles. The summed E-state index contributed by atoms with van der Waals surface area (Å²) in [5.74, 6) is -2.12. The first-order chi connectivity index (χ1) is 16.4. The molecular formula is C27H32N2O5. The second kappa shape index (κ2) is 10.3. The molecule has 180 valence electrons. The standard InChI is InChI=1S/C27H32N2O5/c1-16(2)24(25(30)28-23-14-8-7-13-21(23)26(31)32)29-27(33)34-15-22-19-11-5-3-9-17(19)18-10-4-6-12-20(18)22/h3-6,9-12,16,21-24H,7-8,13-15H2,1-2H3,(H,28,30)(H,29,33)(H,31,32)/t21-,23+,24?/m0/s1. The Bertz CT molecular complexity index is 1020. The number of carboxylic acid groups (broad SMARTS) is 1. The van der Waals surface area contributed by atoms with Crippen molar-refractivity contribution in [3.63, 3.8) is 0 Å². The number of carboxylic acids is 1. The zero-order valence-electron chi connectivity index (χ0n) is 19.6. The highest BCUT2D eigenvalue weighted by atomic mass is 16.5. The second-order valence-electron chi connectivity index (χ2n) is 9.54. The summed E-state index contributed by atoms with van der Waals surface area (Å²) in [6.45, 7) is 3.84. The Balaban J connectivity index is 1.39. The molecule has 1 fully saturated rings. The summed E-state index contributed by atoms with van der Waals surface area (Å²) in [4.78, 5) is 37.2. The van der Waals surface area contributed by atoms with Crippen LogP contribution in [0.3, 0.4) is 0 Å². The zero-order valence-corrected chi connectivity index (χ0v) is 19.6. The lowest BCUT2D eigenvalue weighted by molar-refractivity contribution is -0.144. The minimum Gasteiger partial charge on any atom is -0.481 e. The van der Waals surface area contributed by atoms with Crippen molar-refractivity contribution in [3.05, 3.63) is 59.7 Å². The van der Waals surface area contributed by atoms with E-state index in [4.69, 9.17) is 4.74 Å². The lowest BCUT2D eigenvalue weighted by Crippen LogP contribution is -2.54. The highest BCUT2D eigenvalue weighted by Crippen LogP contribution is 2.44. The van der Waals surface area contributed by atoms with Gasteiger partial charge in [-0.15, -0.1) is 0 Å². The van der Waals surface area contributed by atoms with E-state index in [1.54, 1.807) is 0 Å². The Labute approximate surface area is 199 Å². The molecule has 2 aliphatic rings. The van der Waals surface area contributed by atoms with Crippen LogP contribution >= 0.6 is 0 Å². The number of benzene rings is 2. The largest absolute Gasteiger partial charge is 0.481 e. The first-order valence-corrected chi connectivity index (χ1v) is 12.0. The van der Waals surface area contributed by atoms with Crippen molar-refractivity contribution in [2.45, 2.75) is 57.5 Å². The molecule has 0 aromatic heterocycles. The number of hydrogen-bond donors (Lipinski definition) is 3. The number of aliphatic carboxylic acids is 1. The molecule has 4 rings (SSSR count). The average Bonchev–Trinajstić information content (AvgIpc) is 3.15. The van der Waals surface area contributed by atoms with Crippen molar-refractivity contribution < 1.29 is 24.2 Å². The molecule has 0 radical (unpaired) electrons. The van der Waals surface area contributed by atoms with Gasteiger partial charge in [-0.25, -0.2) is 4.79 Å². The van der Waals surface area contributed by atoms with Gasteiger partial charge in [-0.1, -0.05) is 75.2 Å². The monoisotopic (exact) mass is 464 g/mol. The van der Waals surface area contributed by atoms with Crippen molar-refractivity contribution in [2.24, 2.45) is 11.8 Å². The van der Waals surface area contributed by atoms with Crippen molar-refractivity contribution in [3.8, 4) is 11.1 Å². The normalized spacial score (nSPS) is 20.2. The first kappa shape index (κ1) is 23.8. The summed E-state index contributed by atoms with van der Waals surface area (Å²) in [6, 6.07) is 15.0. The summed E-state index contributed by atoms with van der Waals surface area (Å²) in [5.41, 5.74) is 4.53. The van der Waals surface area contributed by atoms with Crippen LogP contribution in [0.1, 0.15) is 56.6 Å². The van der Waals surface area contributed by atoms with E-state index in [2.05, 4.69) is 34.9 Å². The number of alkyl carbamates (subject to hydrolysis) is 1. The Kier molecular flexibility index (Phi) is 7.20. The van der Waals surface area contributed by atoms with Gasteiger partial charge in [-0.05, 0) is 41.0 Å². The molecule has 2 aromatic carbocycles. The third-order valence-corrected chi connectivity index (χ3v) is 6.98. The summed E-state index contributed by atoms with van der Waals surface area (Å²) in [6.07, 6.45) is 2.23. The topological polar surface area (TPSA) is 105 Å². The Hall–Kier alpha value is -3.35. The SMILES string of the molecule is CC(C)C(NC(=O)OCC1c2ccccc2-c2ccccc21)C(=O)N[C@@H]1CCCC[C@@H]1C(=O)O. The van der Waals surface area contributed by atoms with Crippen LogP contribution in [-0.4, -0.2) is 41.8 Å². The number of carbonyl (C=O) groups is 3. The predicted octanol–water partition coefficient (Wildman–Crippen LogP) is 4.31. The van der Waals surface area contributed by atoms with Crippen molar-refractivity contribution in [1.82, 2.24) is 10.6 Å². The average molecular weight is 465 g/mol.